The molecule has 0 bridgehead atoms. The van der Waals surface area contributed by atoms with E-state index in [4.69, 9.17) is 4.74 Å². The van der Waals surface area contributed by atoms with Crippen LogP contribution in [0.3, 0.4) is 0 Å². The Morgan fingerprint density at radius 2 is 1.54 bits per heavy atom. The van der Waals surface area contributed by atoms with Gasteiger partial charge in [-0.15, -0.1) is 0 Å². The molecule has 2 unspecified atom stereocenters. The van der Waals surface area contributed by atoms with Crippen molar-refractivity contribution in [3.63, 3.8) is 0 Å². The largest absolute Gasteiger partial charge is 0.461 e. The van der Waals surface area contributed by atoms with E-state index in [2.05, 4.69) is 24.0 Å². The summed E-state index contributed by atoms with van der Waals surface area (Å²) in [7, 11) is 0. The molecule has 194 valence electrons. The number of quaternary nitrogens is 1. The molecule has 0 radical (unpaired) electrons. The zero-order valence-electron chi connectivity index (χ0n) is 21.5. The van der Waals surface area contributed by atoms with Crippen molar-refractivity contribution in [2.45, 2.75) is 62.9 Å². The Bertz CT molecular complexity index is 1130. The van der Waals surface area contributed by atoms with Crippen molar-refractivity contribution in [1.82, 2.24) is 4.90 Å². The SMILES string of the molecule is C=C1CC(OC(=O)C2(c3ccccc3)CCCCCC2)C1CC[NH2+]CCN1C(=O)c2ccccc2C1=O. The minimum absolute atomic E-state index is 0.0716. The van der Waals surface area contributed by atoms with Crippen LogP contribution < -0.4 is 5.32 Å². The number of hydrogen-bond donors (Lipinski definition) is 1. The maximum absolute atomic E-state index is 13.7. The number of imide groups is 1. The fraction of sp³-hybridized carbons (Fsp3) is 0.452. The molecule has 6 nitrogen and oxygen atoms in total. The molecule has 0 spiro atoms. The molecular weight excluding hydrogens is 464 g/mol. The molecule has 2 amide bonds. The molecule has 2 N–H and O–H groups in total. The van der Waals surface area contributed by atoms with E-state index in [-0.39, 0.29) is 29.8 Å². The number of nitrogens with two attached hydrogens (primary N) is 1. The van der Waals surface area contributed by atoms with Gasteiger partial charge in [0.1, 0.15) is 6.10 Å². The Balaban J connectivity index is 1.13. The highest BCUT2D eigenvalue weighted by Gasteiger charge is 2.46. The summed E-state index contributed by atoms with van der Waals surface area (Å²) in [5.74, 6) is -0.325. The van der Waals surface area contributed by atoms with Crippen LogP contribution in [-0.2, 0) is 14.9 Å². The Morgan fingerprint density at radius 1 is 0.919 bits per heavy atom. The third kappa shape index (κ3) is 4.99. The summed E-state index contributed by atoms with van der Waals surface area (Å²) in [6.45, 7) is 6.06. The molecule has 2 aromatic carbocycles. The third-order valence-electron chi connectivity index (χ3n) is 8.49. The quantitative estimate of drug-likeness (QED) is 0.185. The van der Waals surface area contributed by atoms with E-state index in [0.29, 0.717) is 24.2 Å². The predicted molar refractivity (Wildman–Crippen MR) is 141 cm³/mol. The van der Waals surface area contributed by atoms with Crippen molar-refractivity contribution < 1.29 is 24.4 Å². The second kappa shape index (κ2) is 11.0. The number of amides is 2. The summed E-state index contributed by atoms with van der Waals surface area (Å²) in [5.41, 5.74) is 2.66. The summed E-state index contributed by atoms with van der Waals surface area (Å²) < 4.78 is 6.21. The van der Waals surface area contributed by atoms with E-state index in [9.17, 15) is 14.4 Å². The molecule has 37 heavy (non-hydrogen) atoms. The summed E-state index contributed by atoms with van der Waals surface area (Å²) in [6.07, 6.45) is 7.60. The van der Waals surface area contributed by atoms with Gasteiger partial charge in [0, 0.05) is 18.8 Å². The van der Waals surface area contributed by atoms with Crippen molar-refractivity contribution in [3.8, 4) is 0 Å². The summed E-state index contributed by atoms with van der Waals surface area (Å²) in [6, 6.07) is 17.2. The van der Waals surface area contributed by atoms with Crippen LogP contribution in [0.1, 0.15) is 77.6 Å². The van der Waals surface area contributed by atoms with Crippen LogP contribution in [0.25, 0.3) is 0 Å². The Kier molecular flexibility index (Phi) is 7.56. The third-order valence-corrected chi connectivity index (χ3v) is 8.49. The van der Waals surface area contributed by atoms with Gasteiger partial charge >= 0.3 is 5.97 Å². The summed E-state index contributed by atoms with van der Waals surface area (Å²) in [4.78, 5) is 40.1. The van der Waals surface area contributed by atoms with Gasteiger partial charge in [0.25, 0.3) is 11.8 Å². The smallest absolute Gasteiger partial charge is 0.316 e. The highest BCUT2D eigenvalue weighted by atomic mass is 16.5. The van der Waals surface area contributed by atoms with Gasteiger partial charge in [0.2, 0.25) is 0 Å². The number of carbonyl (C=O) groups excluding carboxylic acids is 3. The summed E-state index contributed by atoms with van der Waals surface area (Å²) in [5, 5.41) is 2.13. The molecule has 1 heterocycles. The van der Waals surface area contributed by atoms with Crippen LogP contribution in [0.2, 0.25) is 0 Å². The lowest BCUT2D eigenvalue weighted by molar-refractivity contribution is -0.655. The second-order valence-electron chi connectivity index (χ2n) is 10.7. The standard InChI is InChI=1S/C31H36N2O4/c1-22-21-27(37-30(36)31(16-9-2-3-10-17-31)23-11-5-4-6-12-23)24(22)15-18-32-19-20-33-28(34)25-13-7-8-14-26(25)29(33)35/h4-8,11-14,24,27,32H,1-3,9-10,15-21H2/p+1. The molecule has 0 aromatic heterocycles. The molecule has 1 aliphatic heterocycles. The fourth-order valence-corrected chi connectivity index (χ4v) is 6.22. The Hall–Kier alpha value is -3.25. The first-order valence-corrected chi connectivity index (χ1v) is 13.7. The summed E-state index contributed by atoms with van der Waals surface area (Å²) >= 11 is 0. The van der Waals surface area contributed by atoms with E-state index in [1.54, 1.807) is 24.3 Å². The molecule has 2 aromatic rings. The number of fused-ring (bicyclic) bond motifs is 1. The number of hydrogen-bond acceptors (Lipinski definition) is 4. The van der Waals surface area contributed by atoms with Gasteiger partial charge in [-0.3, -0.25) is 19.3 Å². The van der Waals surface area contributed by atoms with Gasteiger partial charge in [-0.1, -0.05) is 80.3 Å². The first-order valence-electron chi connectivity index (χ1n) is 13.7. The van der Waals surface area contributed by atoms with Crippen molar-refractivity contribution >= 4 is 17.8 Å². The van der Waals surface area contributed by atoms with E-state index in [0.717, 1.165) is 56.2 Å². The van der Waals surface area contributed by atoms with E-state index >= 15 is 0 Å². The van der Waals surface area contributed by atoms with Crippen molar-refractivity contribution in [2.24, 2.45) is 5.92 Å². The van der Waals surface area contributed by atoms with Gasteiger partial charge in [0.15, 0.2) is 0 Å². The maximum Gasteiger partial charge on any atom is 0.316 e. The van der Waals surface area contributed by atoms with E-state index in [1.807, 2.05) is 18.2 Å². The lowest BCUT2D eigenvalue weighted by Crippen LogP contribution is -2.86. The average molecular weight is 502 g/mol. The van der Waals surface area contributed by atoms with Crippen molar-refractivity contribution in [2.75, 3.05) is 19.6 Å². The number of carbonyl (C=O) groups is 3. The van der Waals surface area contributed by atoms with Gasteiger partial charge < -0.3 is 10.1 Å². The zero-order chi connectivity index (χ0) is 25.8. The average Bonchev–Trinajstić information content (AvgIpc) is 3.08. The monoisotopic (exact) mass is 501 g/mol. The number of ether oxygens (including phenoxy) is 1. The second-order valence-corrected chi connectivity index (χ2v) is 10.7. The molecule has 5 rings (SSSR count). The van der Waals surface area contributed by atoms with Gasteiger partial charge in [-0.25, -0.2) is 0 Å². The van der Waals surface area contributed by atoms with Crippen LogP contribution in [0.15, 0.2) is 66.7 Å². The molecule has 2 aliphatic carbocycles. The molecule has 6 heteroatoms. The number of nitrogens with zero attached hydrogens (tertiary/aromatic N) is 1. The number of rotatable bonds is 9. The molecule has 0 saturated heterocycles. The highest BCUT2D eigenvalue weighted by Crippen LogP contribution is 2.43. The van der Waals surface area contributed by atoms with Crippen LogP contribution >= 0.6 is 0 Å². The number of benzene rings is 2. The van der Waals surface area contributed by atoms with E-state index < -0.39 is 5.41 Å². The predicted octanol–water partition coefficient (Wildman–Crippen LogP) is 4.02. The zero-order valence-corrected chi connectivity index (χ0v) is 21.5. The lowest BCUT2D eigenvalue weighted by atomic mass is 9.72. The minimum Gasteiger partial charge on any atom is -0.461 e. The van der Waals surface area contributed by atoms with Gasteiger partial charge in [-0.2, -0.15) is 0 Å². The molecule has 2 fully saturated rings. The van der Waals surface area contributed by atoms with Crippen LogP contribution in [0, 0.1) is 5.92 Å². The first-order chi connectivity index (χ1) is 18.0. The van der Waals surface area contributed by atoms with Gasteiger partial charge in [0.05, 0.1) is 36.2 Å². The molecule has 2 atom stereocenters. The Morgan fingerprint density at radius 3 is 2.16 bits per heavy atom. The molecular formula is C31H37N2O4+. The highest BCUT2D eigenvalue weighted by molar-refractivity contribution is 6.21. The lowest BCUT2D eigenvalue weighted by Gasteiger charge is -2.41. The first kappa shape index (κ1) is 25.4. The van der Waals surface area contributed by atoms with Crippen molar-refractivity contribution in [3.05, 3.63) is 83.4 Å². The van der Waals surface area contributed by atoms with Gasteiger partial charge in [-0.05, 0) is 30.5 Å². The topological polar surface area (TPSA) is 80.3 Å². The Labute approximate surface area is 219 Å². The van der Waals surface area contributed by atoms with Crippen LogP contribution in [0.4, 0.5) is 0 Å². The number of esters is 1. The van der Waals surface area contributed by atoms with Crippen LogP contribution in [0.5, 0.6) is 0 Å². The minimum atomic E-state index is -0.544. The van der Waals surface area contributed by atoms with Crippen molar-refractivity contribution in [1.29, 1.82) is 0 Å². The normalized spacial score (nSPS) is 22.8. The molecule has 3 aliphatic rings. The fourth-order valence-electron chi connectivity index (χ4n) is 6.22. The molecule has 2 saturated carbocycles. The van der Waals surface area contributed by atoms with Crippen LogP contribution in [-0.4, -0.2) is 48.4 Å². The maximum atomic E-state index is 13.7. The van der Waals surface area contributed by atoms with E-state index in [1.165, 1.54) is 17.7 Å².